The first-order valence-corrected chi connectivity index (χ1v) is 5.81. The molecular weight excluding hydrogens is 218 g/mol. The molecule has 0 spiro atoms. The van der Waals surface area contributed by atoms with Crippen LogP contribution in [0.2, 0.25) is 0 Å². The molecule has 17 heavy (non-hydrogen) atoms. The van der Waals surface area contributed by atoms with Crippen molar-refractivity contribution in [2.75, 3.05) is 6.61 Å². The number of phenols is 1. The summed E-state index contributed by atoms with van der Waals surface area (Å²) in [6.45, 7) is 4.37. The van der Waals surface area contributed by atoms with Gasteiger partial charge in [-0.3, -0.25) is 4.90 Å². The van der Waals surface area contributed by atoms with Crippen molar-refractivity contribution in [2.45, 2.75) is 32.4 Å². The van der Waals surface area contributed by atoms with Crippen molar-refractivity contribution in [3.8, 4) is 5.75 Å². The fraction of sp³-hybridized carbons (Fsp3) is 0.462. The van der Waals surface area contributed by atoms with Gasteiger partial charge in [0.15, 0.2) is 0 Å². The van der Waals surface area contributed by atoms with Crippen molar-refractivity contribution < 1.29 is 14.6 Å². The Kier molecular flexibility index (Phi) is 3.22. The lowest BCUT2D eigenvalue weighted by Gasteiger charge is -2.25. The molecule has 2 rings (SSSR count). The molecule has 0 aromatic heterocycles. The number of phenolic OH excluding ortho intramolecular Hbond substituents is 1. The van der Waals surface area contributed by atoms with Gasteiger partial charge < -0.3 is 9.84 Å². The van der Waals surface area contributed by atoms with Crippen LogP contribution < -0.4 is 0 Å². The zero-order valence-electron chi connectivity index (χ0n) is 10.1. The van der Waals surface area contributed by atoms with Gasteiger partial charge in [0.1, 0.15) is 12.4 Å². The van der Waals surface area contributed by atoms with E-state index in [0.29, 0.717) is 13.0 Å². The number of benzene rings is 1. The number of cyclic esters (lactones) is 1. The van der Waals surface area contributed by atoms with Crippen molar-refractivity contribution in [1.82, 2.24) is 4.90 Å². The second-order valence-corrected chi connectivity index (χ2v) is 4.61. The third-order valence-corrected chi connectivity index (χ3v) is 2.94. The molecule has 1 fully saturated rings. The third-order valence-electron chi connectivity index (χ3n) is 2.94. The van der Waals surface area contributed by atoms with Crippen LogP contribution in [0.4, 0.5) is 4.79 Å². The van der Waals surface area contributed by atoms with Crippen LogP contribution >= 0.6 is 0 Å². The Morgan fingerprint density at radius 1 is 1.53 bits per heavy atom. The summed E-state index contributed by atoms with van der Waals surface area (Å²) in [6, 6.07) is 7.31. The van der Waals surface area contributed by atoms with Gasteiger partial charge in [0.05, 0.1) is 6.04 Å². The molecular formula is C13H17NO3. The van der Waals surface area contributed by atoms with Crippen molar-refractivity contribution >= 4 is 6.09 Å². The number of hydrogen-bond donors (Lipinski definition) is 1. The Bertz CT molecular complexity index is 417. The molecule has 1 aromatic carbocycles. The van der Waals surface area contributed by atoms with E-state index in [2.05, 4.69) is 0 Å². The summed E-state index contributed by atoms with van der Waals surface area (Å²) < 4.78 is 5.07. The summed E-state index contributed by atoms with van der Waals surface area (Å²) in [4.78, 5) is 13.3. The normalized spacial score (nSPS) is 19.8. The van der Waals surface area contributed by atoms with Gasteiger partial charge in [-0.2, -0.15) is 0 Å². The number of hydrogen-bond acceptors (Lipinski definition) is 3. The second-order valence-electron chi connectivity index (χ2n) is 4.61. The molecule has 0 saturated carbocycles. The number of carbonyl (C=O) groups excluding carboxylic acids is 1. The van der Waals surface area contributed by atoms with E-state index in [9.17, 15) is 9.90 Å². The Hall–Kier alpha value is -1.71. The minimum Gasteiger partial charge on any atom is -0.508 e. The Labute approximate surface area is 101 Å². The van der Waals surface area contributed by atoms with Gasteiger partial charge in [-0.15, -0.1) is 0 Å². The number of aromatic hydroxyl groups is 1. The first kappa shape index (κ1) is 11.8. The van der Waals surface area contributed by atoms with Gasteiger partial charge >= 0.3 is 6.09 Å². The van der Waals surface area contributed by atoms with Gasteiger partial charge in [-0.25, -0.2) is 4.79 Å². The molecule has 0 aliphatic carbocycles. The van der Waals surface area contributed by atoms with Crippen molar-refractivity contribution in [1.29, 1.82) is 0 Å². The van der Waals surface area contributed by atoms with Crippen LogP contribution in [0, 0.1) is 0 Å². The van der Waals surface area contributed by atoms with Crippen LogP contribution in [0.3, 0.4) is 0 Å². The number of carbonyl (C=O) groups is 1. The van der Waals surface area contributed by atoms with E-state index >= 15 is 0 Å². The van der Waals surface area contributed by atoms with Crippen LogP contribution in [0.25, 0.3) is 0 Å². The average molecular weight is 235 g/mol. The number of nitrogens with zero attached hydrogens (tertiary/aromatic N) is 1. The van der Waals surface area contributed by atoms with Gasteiger partial charge in [0.2, 0.25) is 0 Å². The zero-order valence-corrected chi connectivity index (χ0v) is 10.1. The van der Waals surface area contributed by atoms with Crippen LogP contribution in [0.5, 0.6) is 5.75 Å². The highest BCUT2D eigenvalue weighted by Crippen LogP contribution is 2.21. The minimum atomic E-state index is -0.245. The summed E-state index contributed by atoms with van der Waals surface area (Å²) >= 11 is 0. The molecule has 1 unspecified atom stereocenters. The molecule has 1 amide bonds. The zero-order chi connectivity index (χ0) is 12.4. The van der Waals surface area contributed by atoms with Crippen molar-refractivity contribution in [3.05, 3.63) is 29.8 Å². The summed E-state index contributed by atoms with van der Waals surface area (Å²) in [5.41, 5.74) is 1.01. The van der Waals surface area contributed by atoms with Gasteiger partial charge in [-0.1, -0.05) is 12.1 Å². The molecule has 4 nitrogen and oxygen atoms in total. The second kappa shape index (κ2) is 4.65. The van der Waals surface area contributed by atoms with Crippen molar-refractivity contribution in [3.63, 3.8) is 0 Å². The van der Waals surface area contributed by atoms with E-state index in [0.717, 1.165) is 5.56 Å². The Morgan fingerprint density at radius 3 is 2.94 bits per heavy atom. The summed E-state index contributed by atoms with van der Waals surface area (Å²) in [5.74, 6) is 0.254. The third kappa shape index (κ3) is 2.52. The van der Waals surface area contributed by atoms with Crippen LogP contribution in [0.15, 0.2) is 24.3 Å². The predicted octanol–water partition coefficient (Wildman–Crippen LogP) is 2.16. The number of rotatable bonds is 3. The highest BCUT2D eigenvalue weighted by atomic mass is 16.6. The molecule has 1 saturated heterocycles. The quantitative estimate of drug-likeness (QED) is 0.873. The standard InChI is InChI=1S/C13H17NO3/c1-9(2)14-11(8-17-13(14)16)6-10-4-3-5-12(15)7-10/h3-5,7,9,11,15H,6,8H2,1-2H3. The maximum absolute atomic E-state index is 11.5. The lowest BCUT2D eigenvalue weighted by atomic mass is 10.0. The maximum Gasteiger partial charge on any atom is 0.410 e. The van der Waals surface area contributed by atoms with E-state index in [1.807, 2.05) is 26.0 Å². The number of ether oxygens (including phenoxy) is 1. The Morgan fingerprint density at radius 2 is 2.29 bits per heavy atom. The van der Waals surface area contributed by atoms with Gasteiger partial charge in [0, 0.05) is 6.04 Å². The minimum absolute atomic E-state index is 0.0595. The molecule has 4 heteroatoms. The summed E-state index contributed by atoms with van der Waals surface area (Å²) in [6.07, 6.45) is 0.461. The first-order chi connectivity index (χ1) is 8.08. The molecule has 1 aromatic rings. The molecule has 1 N–H and O–H groups in total. The maximum atomic E-state index is 11.5. The molecule has 1 aliphatic rings. The smallest absolute Gasteiger partial charge is 0.410 e. The fourth-order valence-corrected chi connectivity index (χ4v) is 2.22. The van der Waals surface area contributed by atoms with Crippen LogP contribution in [-0.4, -0.2) is 34.8 Å². The van der Waals surface area contributed by atoms with Gasteiger partial charge in [-0.05, 0) is 38.0 Å². The molecule has 1 aliphatic heterocycles. The fourth-order valence-electron chi connectivity index (χ4n) is 2.22. The SMILES string of the molecule is CC(C)N1C(=O)OCC1Cc1cccc(O)c1. The molecule has 0 radical (unpaired) electrons. The average Bonchev–Trinajstić information content (AvgIpc) is 2.59. The van der Waals surface area contributed by atoms with E-state index in [1.165, 1.54) is 0 Å². The van der Waals surface area contributed by atoms with E-state index < -0.39 is 0 Å². The summed E-state index contributed by atoms with van der Waals surface area (Å²) in [5, 5.41) is 9.40. The highest BCUT2D eigenvalue weighted by molar-refractivity contribution is 5.70. The topological polar surface area (TPSA) is 49.8 Å². The largest absolute Gasteiger partial charge is 0.508 e. The molecule has 1 atom stereocenters. The highest BCUT2D eigenvalue weighted by Gasteiger charge is 2.34. The lowest BCUT2D eigenvalue weighted by Crippen LogP contribution is -2.40. The summed E-state index contributed by atoms with van der Waals surface area (Å²) in [7, 11) is 0. The molecule has 0 bridgehead atoms. The lowest BCUT2D eigenvalue weighted by molar-refractivity contribution is 0.149. The van der Waals surface area contributed by atoms with E-state index in [4.69, 9.17) is 4.74 Å². The monoisotopic (exact) mass is 235 g/mol. The molecule has 92 valence electrons. The van der Waals surface area contributed by atoms with Gasteiger partial charge in [0.25, 0.3) is 0 Å². The Balaban J connectivity index is 2.11. The van der Waals surface area contributed by atoms with Crippen LogP contribution in [-0.2, 0) is 11.2 Å². The van der Waals surface area contributed by atoms with Crippen molar-refractivity contribution in [2.24, 2.45) is 0 Å². The van der Waals surface area contributed by atoms with Crippen LogP contribution in [0.1, 0.15) is 19.4 Å². The predicted molar refractivity (Wildman–Crippen MR) is 63.9 cm³/mol. The first-order valence-electron chi connectivity index (χ1n) is 5.81. The van der Waals surface area contributed by atoms with E-state index in [1.54, 1.807) is 17.0 Å². The molecule has 1 heterocycles. The van der Waals surface area contributed by atoms with E-state index in [-0.39, 0.29) is 23.9 Å². The number of amides is 1.